The van der Waals surface area contributed by atoms with Crippen molar-refractivity contribution in [2.45, 2.75) is 25.2 Å². The van der Waals surface area contributed by atoms with Gasteiger partial charge in [-0.1, -0.05) is 24.3 Å². The molecule has 1 aromatic heterocycles. The zero-order valence-corrected chi connectivity index (χ0v) is 17.3. The molecule has 3 heterocycles. The molecule has 1 N–H and O–H groups in total. The second-order valence-corrected chi connectivity index (χ2v) is 7.93. The van der Waals surface area contributed by atoms with Crippen molar-refractivity contribution >= 4 is 5.91 Å². The van der Waals surface area contributed by atoms with Gasteiger partial charge < -0.3 is 23.9 Å². The summed E-state index contributed by atoms with van der Waals surface area (Å²) in [5.41, 5.74) is 2.02. The van der Waals surface area contributed by atoms with Crippen molar-refractivity contribution in [2.75, 3.05) is 26.6 Å². The Bertz CT molecular complexity index is 1090. The first-order valence-electron chi connectivity index (χ1n) is 10.4. The fourth-order valence-corrected chi connectivity index (χ4v) is 4.20. The SMILES string of the molecule is Cc1oc(-c2ccccc2)nc1C(=O)NCC1(c2ccc3c(c2)OCO3)CCOCC1. The van der Waals surface area contributed by atoms with Crippen LogP contribution in [0.1, 0.15) is 34.7 Å². The fourth-order valence-electron chi connectivity index (χ4n) is 4.20. The maximum Gasteiger partial charge on any atom is 0.273 e. The summed E-state index contributed by atoms with van der Waals surface area (Å²) in [6.45, 7) is 3.76. The van der Waals surface area contributed by atoms with Crippen LogP contribution >= 0.6 is 0 Å². The molecule has 0 unspecified atom stereocenters. The van der Waals surface area contributed by atoms with Crippen LogP contribution in [0.25, 0.3) is 11.5 Å². The van der Waals surface area contributed by atoms with Gasteiger partial charge in [-0.05, 0) is 49.6 Å². The molecule has 0 radical (unpaired) electrons. The van der Waals surface area contributed by atoms with E-state index in [4.69, 9.17) is 18.6 Å². The number of hydrogen-bond donors (Lipinski definition) is 1. The molecule has 2 aromatic carbocycles. The van der Waals surface area contributed by atoms with Gasteiger partial charge in [0, 0.05) is 30.7 Å². The van der Waals surface area contributed by atoms with Gasteiger partial charge in [0.2, 0.25) is 12.7 Å². The fraction of sp³-hybridized carbons (Fsp3) is 0.333. The third-order valence-corrected chi connectivity index (χ3v) is 6.05. The summed E-state index contributed by atoms with van der Waals surface area (Å²) in [4.78, 5) is 17.5. The van der Waals surface area contributed by atoms with Gasteiger partial charge in [-0.15, -0.1) is 0 Å². The van der Waals surface area contributed by atoms with E-state index in [2.05, 4.69) is 16.4 Å². The highest BCUT2D eigenvalue weighted by Gasteiger charge is 2.36. The summed E-state index contributed by atoms with van der Waals surface area (Å²) in [5.74, 6) is 2.20. The monoisotopic (exact) mass is 420 g/mol. The van der Waals surface area contributed by atoms with Crippen molar-refractivity contribution in [3.05, 3.63) is 65.5 Å². The predicted molar refractivity (Wildman–Crippen MR) is 113 cm³/mol. The first kappa shape index (κ1) is 19.6. The number of fused-ring (bicyclic) bond motifs is 1. The van der Waals surface area contributed by atoms with Crippen molar-refractivity contribution < 1.29 is 23.4 Å². The lowest BCUT2D eigenvalue weighted by Gasteiger charge is -2.38. The average molecular weight is 420 g/mol. The molecule has 160 valence electrons. The van der Waals surface area contributed by atoms with Crippen molar-refractivity contribution in [3.63, 3.8) is 0 Å². The Balaban J connectivity index is 1.37. The smallest absolute Gasteiger partial charge is 0.273 e. The summed E-state index contributed by atoms with van der Waals surface area (Å²) in [7, 11) is 0. The molecule has 0 aliphatic carbocycles. The number of ether oxygens (including phenoxy) is 3. The lowest BCUT2D eigenvalue weighted by Crippen LogP contribution is -2.44. The number of aromatic nitrogens is 1. The molecule has 7 nitrogen and oxygen atoms in total. The number of amides is 1. The molecular formula is C24H24N2O5. The minimum atomic E-state index is -0.241. The van der Waals surface area contributed by atoms with Crippen LogP contribution in [0.3, 0.4) is 0 Å². The van der Waals surface area contributed by atoms with E-state index in [1.54, 1.807) is 6.92 Å². The number of rotatable bonds is 5. The van der Waals surface area contributed by atoms with Crippen LogP contribution in [0.4, 0.5) is 0 Å². The van der Waals surface area contributed by atoms with Crippen molar-refractivity contribution in [2.24, 2.45) is 0 Å². The maximum absolute atomic E-state index is 13.0. The quantitative estimate of drug-likeness (QED) is 0.675. The van der Waals surface area contributed by atoms with Gasteiger partial charge in [-0.3, -0.25) is 4.79 Å². The van der Waals surface area contributed by atoms with E-state index in [1.165, 1.54) is 0 Å². The molecule has 5 rings (SSSR count). The molecular weight excluding hydrogens is 396 g/mol. The molecule has 0 spiro atoms. The lowest BCUT2D eigenvalue weighted by atomic mass is 9.74. The van der Waals surface area contributed by atoms with Gasteiger partial charge in [0.15, 0.2) is 17.2 Å². The van der Waals surface area contributed by atoms with Gasteiger partial charge in [0.05, 0.1) is 0 Å². The Hall–Kier alpha value is -3.32. The van der Waals surface area contributed by atoms with Crippen LogP contribution in [-0.4, -0.2) is 37.4 Å². The van der Waals surface area contributed by atoms with Crippen LogP contribution in [0.15, 0.2) is 52.9 Å². The van der Waals surface area contributed by atoms with Crippen molar-refractivity contribution in [1.82, 2.24) is 10.3 Å². The molecule has 1 amide bonds. The third-order valence-electron chi connectivity index (χ3n) is 6.05. The van der Waals surface area contributed by atoms with E-state index < -0.39 is 0 Å². The summed E-state index contributed by atoms with van der Waals surface area (Å²) in [5, 5.41) is 3.09. The van der Waals surface area contributed by atoms with Gasteiger partial charge in [0.1, 0.15) is 5.76 Å². The van der Waals surface area contributed by atoms with Crippen LogP contribution in [0.5, 0.6) is 11.5 Å². The molecule has 2 aliphatic heterocycles. The normalized spacial score (nSPS) is 16.8. The number of aryl methyl sites for hydroxylation is 1. The molecule has 3 aromatic rings. The zero-order valence-electron chi connectivity index (χ0n) is 17.3. The molecule has 1 fully saturated rings. The van der Waals surface area contributed by atoms with E-state index in [0.29, 0.717) is 37.1 Å². The largest absolute Gasteiger partial charge is 0.454 e. The lowest BCUT2D eigenvalue weighted by molar-refractivity contribution is 0.0486. The highest BCUT2D eigenvalue weighted by molar-refractivity contribution is 5.93. The van der Waals surface area contributed by atoms with Crippen LogP contribution in [0, 0.1) is 6.92 Å². The Kier molecular flexibility index (Phi) is 5.11. The second kappa shape index (κ2) is 8.07. The number of hydrogen-bond acceptors (Lipinski definition) is 6. The number of nitrogens with one attached hydrogen (secondary N) is 1. The molecule has 0 bridgehead atoms. The van der Waals surface area contributed by atoms with Crippen LogP contribution in [-0.2, 0) is 10.2 Å². The summed E-state index contributed by atoms with van der Waals surface area (Å²) in [6, 6.07) is 15.6. The topological polar surface area (TPSA) is 82.8 Å². The summed E-state index contributed by atoms with van der Waals surface area (Å²) >= 11 is 0. The highest BCUT2D eigenvalue weighted by atomic mass is 16.7. The third kappa shape index (κ3) is 3.77. The molecule has 0 saturated carbocycles. The number of oxazole rings is 1. The zero-order chi connectivity index (χ0) is 21.3. The first-order chi connectivity index (χ1) is 15.1. The van der Waals surface area contributed by atoms with Crippen LogP contribution < -0.4 is 14.8 Å². The number of carbonyl (C=O) groups excluding carboxylic acids is 1. The second-order valence-electron chi connectivity index (χ2n) is 7.93. The maximum atomic E-state index is 13.0. The number of benzene rings is 2. The molecule has 2 aliphatic rings. The summed E-state index contributed by atoms with van der Waals surface area (Å²) < 4.78 is 22.4. The van der Waals surface area contributed by atoms with Gasteiger partial charge >= 0.3 is 0 Å². The van der Waals surface area contributed by atoms with E-state index in [9.17, 15) is 4.79 Å². The van der Waals surface area contributed by atoms with E-state index in [-0.39, 0.29) is 18.1 Å². The van der Waals surface area contributed by atoms with E-state index >= 15 is 0 Å². The molecule has 1 saturated heterocycles. The molecule has 0 atom stereocenters. The predicted octanol–water partition coefficient (Wildman–Crippen LogP) is 3.86. The Morgan fingerprint density at radius 3 is 2.65 bits per heavy atom. The first-order valence-corrected chi connectivity index (χ1v) is 10.4. The van der Waals surface area contributed by atoms with Crippen molar-refractivity contribution in [3.8, 4) is 23.0 Å². The molecule has 7 heteroatoms. The van der Waals surface area contributed by atoms with Crippen LogP contribution in [0.2, 0.25) is 0 Å². The van der Waals surface area contributed by atoms with Gasteiger partial charge in [0.25, 0.3) is 5.91 Å². The number of carbonyl (C=O) groups is 1. The minimum absolute atomic E-state index is 0.237. The van der Waals surface area contributed by atoms with Gasteiger partial charge in [-0.25, -0.2) is 4.98 Å². The minimum Gasteiger partial charge on any atom is -0.454 e. The number of nitrogens with zero attached hydrogens (tertiary/aromatic N) is 1. The Labute approximate surface area is 180 Å². The average Bonchev–Trinajstić information content (AvgIpc) is 3.45. The van der Waals surface area contributed by atoms with E-state index in [0.717, 1.165) is 35.5 Å². The van der Waals surface area contributed by atoms with Crippen molar-refractivity contribution in [1.29, 1.82) is 0 Å². The Morgan fingerprint density at radius 2 is 1.84 bits per heavy atom. The molecule has 31 heavy (non-hydrogen) atoms. The highest BCUT2D eigenvalue weighted by Crippen LogP contribution is 2.40. The van der Waals surface area contributed by atoms with Gasteiger partial charge in [-0.2, -0.15) is 0 Å². The summed E-state index contributed by atoms with van der Waals surface area (Å²) in [6.07, 6.45) is 1.61. The Morgan fingerprint density at radius 1 is 1.06 bits per heavy atom. The standard InChI is InChI=1S/C24H24N2O5/c1-16-21(26-23(31-16)17-5-3-2-4-6-17)22(27)25-14-24(9-11-28-12-10-24)18-7-8-19-20(13-18)30-15-29-19/h2-8,13H,9-12,14-15H2,1H3,(H,25,27). The van der Waals surface area contributed by atoms with E-state index in [1.807, 2.05) is 42.5 Å².